The summed E-state index contributed by atoms with van der Waals surface area (Å²) in [5, 5.41) is 0. The first kappa shape index (κ1) is 20.1. The summed E-state index contributed by atoms with van der Waals surface area (Å²) in [4.78, 5) is 19.3. The Bertz CT molecular complexity index is 939. The van der Waals surface area contributed by atoms with Gasteiger partial charge in [0.15, 0.2) is 11.0 Å². The first-order valence-corrected chi connectivity index (χ1v) is 12.4. The molecule has 3 unspecified atom stereocenters. The quantitative estimate of drug-likeness (QED) is 0.686. The molecule has 1 amide bonds. The van der Waals surface area contributed by atoms with Crippen molar-refractivity contribution in [3.63, 3.8) is 0 Å². The third-order valence-corrected chi connectivity index (χ3v) is 8.52. The van der Waals surface area contributed by atoms with Gasteiger partial charge in [0.2, 0.25) is 0 Å². The van der Waals surface area contributed by atoms with Crippen LogP contribution in [0, 0.1) is 17.8 Å². The lowest BCUT2D eigenvalue weighted by atomic mass is 9.88. The Morgan fingerprint density at radius 1 is 1.13 bits per heavy atom. The molecule has 0 spiro atoms. The summed E-state index contributed by atoms with van der Waals surface area (Å²) < 4.78 is 2.33. The SMILES string of the molecule is CCc1ccc(C(=O)N(C)CC2CCCCC2)c2c1[nH]c(C1CC3CCC1C3)[n+]2C. The van der Waals surface area contributed by atoms with Crippen LogP contribution in [0.3, 0.4) is 0 Å². The maximum atomic E-state index is 13.5. The number of benzene rings is 1. The molecule has 3 aliphatic rings. The second-order valence-corrected chi connectivity index (χ2v) is 10.4. The summed E-state index contributed by atoms with van der Waals surface area (Å²) in [7, 11) is 4.18. The summed E-state index contributed by atoms with van der Waals surface area (Å²) in [6, 6.07) is 4.25. The molecule has 3 aliphatic carbocycles. The minimum absolute atomic E-state index is 0.183. The fourth-order valence-corrected chi connectivity index (χ4v) is 6.89. The van der Waals surface area contributed by atoms with Crippen LogP contribution in [-0.2, 0) is 13.5 Å². The number of carbonyl (C=O) groups is 1. The number of rotatable bonds is 5. The first-order chi connectivity index (χ1) is 14.6. The van der Waals surface area contributed by atoms with Gasteiger partial charge in [-0.05, 0) is 62.3 Å². The summed E-state index contributed by atoms with van der Waals surface area (Å²) in [6.07, 6.45) is 13.0. The van der Waals surface area contributed by atoms with Crippen molar-refractivity contribution in [1.29, 1.82) is 0 Å². The molecule has 2 bridgehead atoms. The Hall–Kier alpha value is -1.84. The zero-order chi connectivity index (χ0) is 20.8. The number of hydrogen-bond donors (Lipinski definition) is 1. The zero-order valence-corrected chi connectivity index (χ0v) is 19.0. The van der Waals surface area contributed by atoms with E-state index in [2.05, 4.69) is 35.7 Å². The van der Waals surface area contributed by atoms with Gasteiger partial charge in [0.05, 0.1) is 18.5 Å². The van der Waals surface area contributed by atoms with Crippen molar-refractivity contribution >= 4 is 16.9 Å². The number of carbonyl (C=O) groups excluding carboxylic acids is 1. The van der Waals surface area contributed by atoms with Crippen molar-refractivity contribution in [3.05, 3.63) is 29.1 Å². The predicted molar refractivity (Wildman–Crippen MR) is 121 cm³/mol. The molecule has 30 heavy (non-hydrogen) atoms. The number of amides is 1. The number of hydrogen-bond acceptors (Lipinski definition) is 1. The highest BCUT2D eigenvalue weighted by Crippen LogP contribution is 2.52. The Morgan fingerprint density at radius 2 is 1.93 bits per heavy atom. The predicted octanol–water partition coefficient (Wildman–Crippen LogP) is 5.11. The van der Waals surface area contributed by atoms with E-state index in [4.69, 9.17) is 0 Å². The normalized spacial score (nSPS) is 26.6. The van der Waals surface area contributed by atoms with Gasteiger partial charge in [-0.3, -0.25) is 4.79 Å². The molecule has 1 heterocycles. The molecule has 0 radical (unpaired) electrons. The average molecular weight is 409 g/mol. The number of aromatic nitrogens is 2. The Kier molecular flexibility index (Phi) is 5.37. The van der Waals surface area contributed by atoms with Crippen molar-refractivity contribution in [1.82, 2.24) is 9.88 Å². The Balaban J connectivity index is 1.49. The van der Waals surface area contributed by atoms with Crippen LogP contribution in [0.1, 0.15) is 92.4 Å². The van der Waals surface area contributed by atoms with E-state index in [1.54, 1.807) is 0 Å². The van der Waals surface area contributed by atoms with E-state index in [0.29, 0.717) is 11.8 Å². The maximum absolute atomic E-state index is 13.5. The largest absolute Gasteiger partial charge is 0.341 e. The van der Waals surface area contributed by atoms with Crippen LogP contribution in [0.5, 0.6) is 0 Å². The standard InChI is InChI=1S/C26H37N3O/c1-4-19-12-13-21(26(30)28(2)16-17-8-6-5-7-9-17)24-23(19)27-25(29(24)3)22-15-18-10-11-20(22)14-18/h12-13,17-18,20,22H,4-11,14-16H2,1-3H3/p+1. The van der Waals surface area contributed by atoms with Gasteiger partial charge in [0.1, 0.15) is 0 Å². The van der Waals surface area contributed by atoms with Crippen LogP contribution in [0.25, 0.3) is 11.0 Å². The van der Waals surface area contributed by atoms with Crippen molar-refractivity contribution in [2.24, 2.45) is 24.8 Å². The fraction of sp³-hybridized carbons (Fsp3) is 0.692. The molecular formula is C26H38N3O+. The molecule has 162 valence electrons. The second-order valence-electron chi connectivity index (χ2n) is 10.4. The highest BCUT2D eigenvalue weighted by molar-refractivity contribution is 6.04. The number of nitrogens with zero attached hydrogens (tertiary/aromatic N) is 2. The van der Waals surface area contributed by atoms with E-state index >= 15 is 0 Å². The molecular weight excluding hydrogens is 370 g/mol. The van der Waals surface area contributed by atoms with Crippen molar-refractivity contribution in [3.8, 4) is 0 Å². The number of aromatic amines is 1. The monoisotopic (exact) mass is 408 g/mol. The number of nitrogens with one attached hydrogen (secondary N) is 1. The minimum atomic E-state index is 0.183. The number of fused-ring (bicyclic) bond motifs is 3. The van der Waals surface area contributed by atoms with Gasteiger partial charge >= 0.3 is 0 Å². The smallest absolute Gasteiger partial charge is 0.258 e. The third kappa shape index (κ3) is 3.36. The van der Waals surface area contributed by atoms with Crippen molar-refractivity contribution in [2.75, 3.05) is 13.6 Å². The lowest BCUT2D eigenvalue weighted by Crippen LogP contribution is -2.38. The summed E-state index contributed by atoms with van der Waals surface area (Å²) in [6.45, 7) is 3.10. The van der Waals surface area contributed by atoms with Gasteiger partial charge in [-0.25, -0.2) is 9.55 Å². The highest BCUT2D eigenvalue weighted by Gasteiger charge is 2.45. The lowest BCUT2D eigenvalue weighted by Gasteiger charge is -2.27. The van der Waals surface area contributed by atoms with E-state index < -0.39 is 0 Å². The van der Waals surface area contributed by atoms with E-state index in [1.165, 1.54) is 74.7 Å². The highest BCUT2D eigenvalue weighted by atomic mass is 16.2. The molecule has 5 rings (SSSR count). The number of imidazole rings is 1. The molecule has 0 aliphatic heterocycles. The van der Waals surface area contributed by atoms with Crippen molar-refractivity contribution in [2.45, 2.75) is 77.0 Å². The molecule has 3 saturated carbocycles. The molecule has 3 fully saturated rings. The van der Waals surface area contributed by atoms with Gasteiger partial charge in [-0.1, -0.05) is 38.7 Å². The number of aryl methyl sites for hydroxylation is 2. The Morgan fingerprint density at radius 3 is 2.60 bits per heavy atom. The average Bonchev–Trinajstić information content (AvgIpc) is 3.48. The van der Waals surface area contributed by atoms with Gasteiger partial charge in [-0.2, -0.15) is 0 Å². The number of H-pyrrole nitrogens is 1. The molecule has 4 nitrogen and oxygen atoms in total. The van der Waals surface area contributed by atoms with Gasteiger partial charge in [0.25, 0.3) is 11.7 Å². The third-order valence-electron chi connectivity index (χ3n) is 8.52. The van der Waals surface area contributed by atoms with E-state index in [1.807, 2.05) is 11.9 Å². The second kappa shape index (κ2) is 8.01. The zero-order valence-electron chi connectivity index (χ0n) is 19.0. The maximum Gasteiger partial charge on any atom is 0.258 e. The topological polar surface area (TPSA) is 40.0 Å². The molecule has 3 atom stereocenters. The fourth-order valence-electron chi connectivity index (χ4n) is 6.89. The molecule has 1 aromatic carbocycles. The van der Waals surface area contributed by atoms with Crippen LogP contribution in [0.15, 0.2) is 12.1 Å². The van der Waals surface area contributed by atoms with Gasteiger partial charge in [-0.15, -0.1) is 0 Å². The minimum Gasteiger partial charge on any atom is -0.341 e. The molecule has 0 saturated heterocycles. The van der Waals surface area contributed by atoms with Crippen molar-refractivity contribution < 1.29 is 9.36 Å². The van der Waals surface area contributed by atoms with Crippen LogP contribution in [0.2, 0.25) is 0 Å². The van der Waals surface area contributed by atoms with E-state index in [-0.39, 0.29) is 5.91 Å². The molecule has 1 aromatic heterocycles. The molecule has 1 N–H and O–H groups in total. The summed E-state index contributed by atoms with van der Waals surface area (Å²) in [5.74, 6) is 4.58. The van der Waals surface area contributed by atoms with Gasteiger partial charge < -0.3 is 4.90 Å². The molecule has 2 aromatic rings. The van der Waals surface area contributed by atoms with Crippen LogP contribution < -0.4 is 4.57 Å². The van der Waals surface area contributed by atoms with E-state index in [0.717, 1.165) is 35.9 Å². The Labute approximate surface area is 181 Å². The molecule has 4 heteroatoms. The van der Waals surface area contributed by atoms with Crippen LogP contribution in [0.4, 0.5) is 0 Å². The lowest BCUT2D eigenvalue weighted by molar-refractivity contribution is -0.654. The van der Waals surface area contributed by atoms with E-state index in [9.17, 15) is 4.79 Å². The first-order valence-electron chi connectivity index (χ1n) is 12.4. The van der Waals surface area contributed by atoms with Crippen LogP contribution in [-0.4, -0.2) is 29.4 Å². The summed E-state index contributed by atoms with van der Waals surface area (Å²) in [5.41, 5.74) is 4.50. The van der Waals surface area contributed by atoms with Gasteiger partial charge in [0, 0.05) is 19.2 Å². The van der Waals surface area contributed by atoms with Crippen LogP contribution >= 0.6 is 0 Å². The summed E-state index contributed by atoms with van der Waals surface area (Å²) >= 11 is 0.